The molecule has 0 aliphatic rings. The van der Waals surface area contributed by atoms with Crippen molar-refractivity contribution in [2.45, 2.75) is 0 Å². The van der Waals surface area contributed by atoms with Crippen molar-refractivity contribution in [3.05, 3.63) is 182 Å². The molecule has 2 heterocycles. The van der Waals surface area contributed by atoms with E-state index in [-0.39, 0.29) is 0 Å². The fraction of sp³-hybridized carbons (Fsp3) is 0. The molecule has 11 aromatic rings. The zero-order valence-electron chi connectivity index (χ0n) is 27.2. The molecule has 2 heteroatoms. The Morgan fingerprint density at radius 2 is 0.680 bits per heavy atom. The lowest BCUT2D eigenvalue weighted by Crippen LogP contribution is -1.94. The number of hydrogen-bond donors (Lipinski definition) is 0. The van der Waals surface area contributed by atoms with Crippen molar-refractivity contribution in [2.75, 3.05) is 0 Å². The molecule has 9 aromatic carbocycles. The third kappa shape index (κ3) is 3.85. The van der Waals surface area contributed by atoms with Gasteiger partial charge in [0.15, 0.2) is 0 Å². The number of hydrogen-bond acceptors (Lipinski definition) is 0. The molecule has 0 N–H and O–H groups in total. The second kappa shape index (κ2) is 10.4. The summed E-state index contributed by atoms with van der Waals surface area (Å²) in [6, 6.07) is 66.7. The van der Waals surface area contributed by atoms with Gasteiger partial charge in [0, 0.05) is 43.7 Å². The average molecular weight is 635 g/mol. The quantitative estimate of drug-likeness (QED) is 0.171. The molecule has 0 bridgehead atoms. The van der Waals surface area contributed by atoms with E-state index in [0.29, 0.717) is 0 Å². The van der Waals surface area contributed by atoms with Crippen molar-refractivity contribution in [2.24, 2.45) is 0 Å². The zero-order chi connectivity index (χ0) is 32.8. The smallest absolute Gasteiger partial charge is 0.0619 e. The summed E-state index contributed by atoms with van der Waals surface area (Å²) < 4.78 is 4.88. The lowest BCUT2D eigenvalue weighted by molar-refractivity contribution is 1.19. The van der Waals surface area contributed by atoms with E-state index in [1.807, 2.05) is 0 Å². The van der Waals surface area contributed by atoms with Crippen LogP contribution in [0.4, 0.5) is 0 Å². The van der Waals surface area contributed by atoms with Gasteiger partial charge in [0.05, 0.1) is 22.1 Å². The van der Waals surface area contributed by atoms with Crippen LogP contribution in [0.1, 0.15) is 0 Å². The maximum atomic E-state index is 2.45. The Labute approximate surface area is 288 Å². The van der Waals surface area contributed by atoms with E-state index in [4.69, 9.17) is 0 Å². The predicted octanol–water partition coefficient (Wildman–Crippen LogP) is 13.0. The lowest BCUT2D eigenvalue weighted by atomic mass is 9.98. The van der Waals surface area contributed by atoms with Crippen LogP contribution in [0.15, 0.2) is 182 Å². The molecule has 0 fully saturated rings. The summed E-state index contributed by atoms with van der Waals surface area (Å²) in [6.45, 7) is 0. The zero-order valence-corrected chi connectivity index (χ0v) is 27.2. The van der Waals surface area contributed by atoms with Gasteiger partial charge in [-0.1, -0.05) is 133 Å². The SMILES string of the molecule is c1ccc(-n2c3ccc(-c4ccc5c(c4)c4ccc6c7ccccc7ccc6c4n5-c4ccccc4)cc3c3ccc4ccccc4c32)cc1. The summed E-state index contributed by atoms with van der Waals surface area (Å²) in [5, 5.41) is 12.7. The topological polar surface area (TPSA) is 9.86 Å². The molecule has 0 saturated carbocycles. The van der Waals surface area contributed by atoms with Gasteiger partial charge in [0.25, 0.3) is 0 Å². The number of nitrogens with zero attached hydrogens (tertiary/aromatic N) is 2. The Morgan fingerprint density at radius 3 is 1.26 bits per heavy atom. The molecule has 50 heavy (non-hydrogen) atoms. The molecule has 0 unspecified atom stereocenters. The molecule has 2 nitrogen and oxygen atoms in total. The van der Waals surface area contributed by atoms with Gasteiger partial charge < -0.3 is 9.13 Å². The van der Waals surface area contributed by atoms with Gasteiger partial charge in [-0.15, -0.1) is 0 Å². The van der Waals surface area contributed by atoms with E-state index < -0.39 is 0 Å². The normalized spacial score (nSPS) is 12.0. The van der Waals surface area contributed by atoms with Gasteiger partial charge in [-0.25, -0.2) is 0 Å². The molecule has 232 valence electrons. The molecule has 0 aliphatic heterocycles. The number of rotatable bonds is 3. The van der Waals surface area contributed by atoms with Crippen molar-refractivity contribution < 1.29 is 0 Å². The van der Waals surface area contributed by atoms with Crippen molar-refractivity contribution in [1.82, 2.24) is 9.13 Å². The minimum atomic E-state index is 1.17. The Morgan fingerprint density at radius 1 is 0.260 bits per heavy atom. The van der Waals surface area contributed by atoms with Crippen molar-refractivity contribution >= 4 is 75.9 Å². The van der Waals surface area contributed by atoms with Crippen LogP contribution in [-0.2, 0) is 0 Å². The summed E-state index contributed by atoms with van der Waals surface area (Å²) in [5.74, 6) is 0. The first-order valence-electron chi connectivity index (χ1n) is 17.3. The van der Waals surface area contributed by atoms with Crippen molar-refractivity contribution in [1.29, 1.82) is 0 Å². The molecule has 11 rings (SSSR count). The minimum Gasteiger partial charge on any atom is -0.309 e. The summed E-state index contributed by atoms with van der Waals surface area (Å²) >= 11 is 0. The van der Waals surface area contributed by atoms with Crippen LogP contribution >= 0.6 is 0 Å². The number of para-hydroxylation sites is 2. The second-order valence-corrected chi connectivity index (χ2v) is 13.3. The first-order valence-corrected chi connectivity index (χ1v) is 17.3. The highest BCUT2D eigenvalue weighted by molar-refractivity contribution is 6.24. The molecule has 0 aliphatic carbocycles. The van der Waals surface area contributed by atoms with Gasteiger partial charge in [-0.05, 0) is 81.2 Å². The highest BCUT2D eigenvalue weighted by Gasteiger charge is 2.19. The predicted molar refractivity (Wildman–Crippen MR) is 213 cm³/mol. The molecule has 2 aromatic heterocycles. The molecular weight excluding hydrogens is 605 g/mol. The van der Waals surface area contributed by atoms with Crippen LogP contribution < -0.4 is 0 Å². The summed E-state index contributed by atoms with van der Waals surface area (Å²) in [7, 11) is 0. The van der Waals surface area contributed by atoms with Crippen LogP contribution in [0, 0.1) is 0 Å². The van der Waals surface area contributed by atoms with Crippen molar-refractivity contribution in [3.63, 3.8) is 0 Å². The maximum Gasteiger partial charge on any atom is 0.0619 e. The molecule has 0 amide bonds. The molecule has 0 saturated heterocycles. The number of aromatic nitrogens is 2. The highest BCUT2D eigenvalue weighted by atomic mass is 15.0. The lowest BCUT2D eigenvalue weighted by Gasteiger charge is -2.11. The second-order valence-electron chi connectivity index (χ2n) is 13.3. The third-order valence-electron chi connectivity index (χ3n) is 10.7. The minimum absolute atomic E-state index is 1.17. The monoisotopic (exact) mass is 634 g/mol. The van der Waals surface area contributed by atoms with E-state index in [2.05, 4.69) is 191 Å². The maximum absolute atomic E-state index is 2.45. The van der Waals surface area contributed by atoms with Crippen LogP contribution in [0.25, 0.3) is 98.4 Å². The van der Waals surface area contributed by atoms with Gasteiger partial charge in [-0.3, -0.25) is 0 Å². The van der Waals surface area contributed by atoms with Crippen LogP contribution in [0.3, 0.4) is 0 Å². The molecule has 0 radical (unpaired) electrons. The molecular formula is C48H30N2. The highest BCUT2D eigenvalue weighted by Crippen LogP contribution is 2.42. The van der Waals surface area contributed by atoms with Crippen LogP contribution in [0.5, 0.6) is 0 Å². The Bertz CT molecular complexity index is 3130. The molecule has 0 atom stereocenters. The summed E-state index contributed by atoms with van der Waals surface area (Å²) in [4.78, 5) is 0. The standard InChI is InChI=1S/C48H30N2/c1-3-13-35(14-4-1)49-45-27-21-33(29-43(45)41-24-20-32-12-8-10-18-38(32)47(41)49)34-22-28-46-44(30-34)42-26-25-39-37-17-9-7-11-31(37)19-23-40(39)48(42)50(46)36-15-5-2-6-16-36/h1-30H. The Hall–Kier alpha value is -6.64. The summed E-state index contributed by atoms with van der Waals surface area (Å²) in [5.41, 5.74) is 9.70. The fourth-order valence-corrected chi connectivity index (χ4v) is 8.43. The Balaban J connectivity index is 1.19. The van der Waals surface area contributed by atoms with E-state index >= 15 is 0 Å². The number of fused-ring (bicyclic) bond motifs is 12. The largest absolute Gasteiger partial charge is 0.309 e. The van der Waals surface area contributed by atoms with E-state index in [1.165, 1.54) is 98.4 Å². The third-order valence-corrected chi connectivity index (χ3v) is 10.7. The molecule has 0 spiro atoms. The van der Waals surface area contributed by atoms with Gasteiger partial charge in [0.1, 0.15) is 0 Å². The van der Waals surface area contributed by atoms with Gasteiger partial charge >= 0.3 is 0 Å². The van der Waals surface area contributed by atoms with Crippen LogP contribution in [-0.4, -0.2) is 9.13 Å². The number of benzene rings is 9. The fourth-order valence-electron chi connectivity index (χ4n) is 8.43. The van der Waals surface area contributed by atoms with Gasteiger partial charge in [0.2, 0.25) is 0 Å². The average Bonchev–Trinajstić information content (AvgIpc) is 3.71. The van der Waals surface area contributed by atoms with E-state index in [1.54, 1.807) is 0 Å². The first-order chi connectivity index (χ1) is 24.8. The summed E-state index contributed by atoms with van der Waals surface area (Å²) in [6.07, 6.45) is 0. The first kappa shape index (κ1) is 27.3. The van der Waals surface area contributed by atoms with E-state index in [9.17, 15) is 0 Å². The van der Waals surface area contributed by atoms with Crippen LogP contribution in [0.2, 0.25) is 0 Å². The van der Waals surface area contributed by atoms with E-state index in [0.717, 1.165) is 0 Å². The Kier molecular flexibility index (Phi) is 5.70. The van der Waals surface area contributed by atoms with Gasteiger partial charge in [-0.2, -0.15) is 0 Å². The van der Waals surface area contributed by atoms with Crippen molar-refractivity contribution in [3.8, 4) is 22.5 Å².